The molecule has 2 fully saturated rings. The van der Waals surface area contributed by atoms with Crippen LogP contribution in [-0.2, 0) is 19.1 Å². The number of esters is 1. The molecule has 1 saturated carbocycles. The molecule has 0 aromatic heterocycles. The normalized spacial score (nSPS) is 27.4. The van der Waals surface area contributed by atoms with Crippen molar-refractivity contribution in [3.05, 3.63) is 46.7 Å². The number of hydrogen-bond acceptors (Lipinski definition) is 5. The first-order chi connectivity index (χ1) is 13.5. The molecule has 5 nitrogen and oxygen atoms in total. The summed E-state index contributed by atoms with van der Waals surface area (Å²) in [6, 6.07) is 8.07. The minimum absolute atomic E-state index is 0.0266. The predicted molar refractivity (Wildman–Crippen MR) is 106 cm³/mol. The summed E-state index contributed by atoms with van der Waals surface area (Å²) < 4.78 is 11.2. The molecule has 2 aliphatic heterocycles. The second kappa shape index (κ2) is 8.00. The first-order valence-electron chi connectivity index (χ1n) is 10.2. The maximum Gasteiger partial charge on any atom is 0.336 e. The summed E-state index contributed by atoms with van der Waals surface area (Å²) in [5.74, 6) is -0.879. The smallest absolute Gasteiger partial charge is 0.336 e. The highest BCUT2D eigenvalue weighted by Crippen LogP contribution is 2.43. The molecule has 1 aliphatic carbocycles. The molecule has 1 aromatic carbocycles. The number of hydrogen-bond donors (Lipinski definition) is 0. The summed E-state index contributed by atoms with van der Waals surface area (Å²) >= 11 is 0. The van der Waals surface area contributed by atoms with Crippen LogP contribution in [0.2, 0.25) is 0 Å². The first-order valence-corrected chi connectivity index (χ1v) is 10.2. The third kappa shape index (κ3) is 3.68. The molecule has 0 amide bonds. The van der Waals surface area contributed by atoms with Crippen LogP contribution in [0.3, 0.4) is 0 Å². The van der Waals surface area contributed by atoms with Crippen LogP contribution in [0.15, 0.2) is 40.5 Å². The Hall–Kier alpha value is -2.27. The van der Waals surface area contributed by atoms with Gasteiger partial charge in [-0.2, -0.15) is 0 Å². The van der Waals surface area contributed by atoms with Crippen molar-refractivity contribution in [3.8, 4) is 0 Å². The summed E-state index contributed by atoms with van der Waals surface area (Å²) in [7, 11) is 0. The summed E-state index contributed by atoms with van der Waals surface area (Å²) in [5.41, 5.74) is 4.19. The average molecular weight is 381 g/mol. The summed E-state index contributed by atoms with van der Waals surface area (Å²) in [4.78, 5) is 30.6. The molecule has 3 aliphatic rings. The molecular formula is C23H27NO4. The van der Waals surface area contributed by atoms with Gasteiger partial charge in [0, 0.05) is 30.4 Å². The number of ketones is 1. The topological polar surface area (TPSA) is 65.0 Å². The van der Waals surface area contributed by atoms with E-state index in [1.165, 1.54) is 0 Å². The Kier molecular flexibility index (Phi) is 5.44. The van der Waals surface area contributed by atoms with E-state index in [0.717, 1.165) is 49.1 Å². The van der Waals surface area contributed by atoms with Crippen LogP contribution in [-0.4, -0.2) is 36.8 Å². The van der Waals surface area contributed by atoms with Gasteiger partial charge in [-0.15, -0.1) is 0 Å². The second-order valence-electron chi connectivity index (χ2n) is 8.03. The Morgan fingerprint density at radius 3 is 2.82 bits per heavy atom. The lowest BCUT2D eigenvalue weighted by molar-refractivity contribution is -0.142. The fourth-order valence-corrected chi connectivity index (χ4v) is 4.63. The van der Waals surface area contributed by atoms with Crippen LogP contribution in [0, 0.1) is 12.8 Å². The van der Waals surface area contributed by atoms with Gasteiger partial charge in [0.2, 0.25) is 0 Å². The Balaban J connectivity index is 1.70. The van der Waals surface area contributed by atoms with Crippen LogP contribution in [0.5, 0.6) is 0 Å². The highest BCUT2D eigenvalue weighted by Gasteiger charge is 2.43. The molecule has 28 heavy (non-hydrogen) atoms. The monoisotopic (exact) mass is 381 g/mol. The molecule has 3 atom stereocenters. The van der Waals surface area contributed by atoms with Crippen molar-refractivity contribution in [3.63, 3.8) is 0 Å². The number of ether oxygens (including phenoxy) is 2. The van der Waals surface area contributed by atoms with Gasteiger partial charge >= 0.3 is 5.97 Å². The molecular weight excluding hydrogens is 354 g/mol. The molecule has 2 heterocycles. The fourth-order valence-electron chi connectivity index (χ4n) is 4.63. The largest absolute Gasteiger partial charge is 0.460 e. The predicted octanol–water partition coefficient (Wildman–Crippen LogP) is 3.90. The number of benzene rings is 1. The summed E-state index contributed by atoms with van der Waals surface area (Å²) in [5, 5.41) is 0. The molecule has 1 saturated heterocycles. The van der Waals surface area contributed by atoms with Crippen molar-refractivity contribution in [1.29, 1.82) is 0 Å². The van der Waals surface area contributed by atoms with E-state index in [0.29, 0.717) is 17.7 Å². The number of rotatable bonds is 4. The minimum atomic E-state index is -0.374. The van der Waals surface area contributed by atoms with Crippen molar-refractivity contribution in [2.24, 2.45) is 10.9 Å². The van der Waals surface area contributed by atoms with Gasteiger partial charge in [0.1, 0.15) is 12.4 Å². The third-order valence-corrected chi connectivity index (χ3v) is 5.95. The highest BCUT2D eigenvalue weighted by atomic mass is 16.6. The number of allylic oxidation sites excluding steroid dienone is 1. The fraction of sp³-hybridized carbons (Fsp3) is 0.522. The van der Waals surface area contributed by atoms with Crippen molar-refractivity contribution < 1.29 is 19.1 Å². The SMILES string of the molecule is CC1=C(C(=O)OC[C@H]2CCCO2)[C@H](c2cccc(C)c2)C2C(=O)CCCC2=N1. The van der Waals surface area contributed by atoms with E-state index in [4.69, 9.17) is 9.47 Å². The number of fused-ring (bicyclic) bond motifs is 1. The molecule has 0 spiro atoms. The lowest BCUT2D eigenvalue weighted by Gasteiger charge is -2.35. The van der Waals surface area contributed by atoms with Gasteiger partial charge in [-0.25, -0.2) is 4.79 Å². The van der Waals surface area contributed by atoms with Crippen LogP contribution in [0.4, 0.5) is 0 Å². The van der Waals surface area contributed by atoms with Gasteiger partial charge in [0.15, 0.2) is 0 Å². The molecule has 1 unspecified atom stereocenters. The summed E-state index contributed by atoms with van der Waals surface area (Å²) in [6.45, 7) is 4.86. The van der Waals surface area contributed by atoms with Crippen LogP contribution in [0.1, 0.15) is 56.1 Å². The Morgan fingerprint density at radius 2 is 2.07 bits per heavy atom. The van der Waals surface area contributed by atoms with E-state index in [2.05, 4.69) is 11.1 Å². The molecule has 5 heteroatoms. The van der Waals surface area contributed by atoms with E-state index in [1.54, 1.807) is 0 Å². The maximum atomic E-state index is 13.1. The van der Waals surface area contributed by atoms with Crippen LogP contribution in [0.25, 0.3) is 0 Å². The van der Waals surface area contributed by atoms with Gasteiger partial charge in [-0.1, -0.05) is 29.8 Å². The molecule has 148 valence electrons. The Bertz CT molecular complexity index is 848. The zero-order chi connectivity index (χ0) is 19.7. The molecule has 1 aromatic rings. The number of carbonyl (C=O) groups is 2. The van der Waals surface area contributed by atoms with E-state index >= 15 is 0 Å². The second-order valence-corrected chi connectivity index (χ2v) is 8.03. The molecule has 0 radical (unpaired) electrons. The standard InChI is InChI=1S/C23H27NO4/c1-14-6-3-7-16(12-14)21-20(23(26)28-13-17-8-5-11-27-17)15(2)24-18-9-4-10-19(25)22(18)21/h3,6-7,12,17,21-22H,4-5,8-11,13H2,1-2H3/t17-,21+,22?/m1/s1. The van der Waals surface area contributed by atoms with Crippen LogP contribution >= 0.6 is 0 Å². The quantitative estimate of drug-likeness (QED) is 0.742. The number of aliphatic imine (C=N–C) groups is 1. The van der Waals surface area contributed by atoms with Gasteiger partial charge in [-0.3, -0.25) is 9.79 Å². The zero-order valence-corrected chi connectivity index (χ0v) is 16.6. The maximum absolute atomic E-state index is 13.1. The first kappa shape index (κ1) is 19.1. The Morgan fingerprint density at radius 1 is 1.21 bits per heavy atom. The van der Waals surface area contributed by atoms with E-state index in [1.807, 2.05) is 32.0 Å². The van der Waals surface area contributed by atoms with Gasteiger partial charge < -0.3 is 9.47 Å². The van der Waals surface area contributed by atoms with E-state index in [-0.39, 0.29) is 36.3 Å². The van der Waals surface area contributed by atoms with E-state index in [9.17, 15) is 9.59 Å². The third-order valence-electron chi connectivity index (χ3n) is 5.95. The van der Waals surface area contributed by atoms with Crippen molar-refractivity contribution in [2.45, 2.75) is 58.0 Å². The summed E-state index contributed by atoms with van der Waals surface area (Å²) in [6.07, 6.45) is 4.08. The lowest BCUT2D eigenvalue weighted by atomic mass is 9.69. The molecule has 0 N–H and O–H groups in total. The molecule has 4 rings (SSSR count). The number of nitrogens with zero attached hydrogens (tertiary/aromatic N) is 1. The highest BCUT2D eigenvalue weighted by molar-refractivity contribution is 6.11. The van der Waals surface area contributed by atoms with E-state index < -0.39 is 0 Å². The van der Waals surface area contributed by atoms with Crippen LogP contribution < -0.4 is 0 Å². The van der Waals surface area contributed by atoms with Crippen molar-refractivity contribution >= 4 is 17.5 Å². The number of carbonyl (C=O) groups excluding carboxylic acids is 2. The zero-order valence-electron chi connectivity index (χ0n) is 16.6. The lowest BCUT2D eigenvalue weighted by Crippen LogP contribution is -2.39. The number of aryl methyl sites for hydroxylation is 1. The van der Waals surface area contributed by atoms with Crippen molar-refractivity contribution in [2.75, 3.05) is 13.2 Å². The Labute approximate surface area is 165 Å². The molecule has 0 bridgehead atoms. The van der Waals surface area contributed by atoms with Gasteiger partial charge in [0.05, 0.1) is 17.6 Å². The minimum Gasteiger partial charge on any atom is -0.460 e. The van der Waals surface area contributed by atoms with Crippen molar-refractivity contribution in [1.82, 2.24) is 0 Å². The number of Topliss-reactive ketones (excluding diaryl/α,β-unsaturated/α-hetero) is 1. The van der Waals surface area contributed by atoms with Gasteiger partial charge in [0.25, 0.3) is 0 Å². The average Bonchev–Trinajstić information content (AvgIpc) is 3.19. The van der Waals surface area contributed by atoms with Gasteiger partial charge in [-0.05, 0) is 45.1 Å².